The largest absolute Gasteiger partial charge is 0.368 e. The molecule has 1 aliphatic carbocycles. The van der Waals surface area contributed by atoms with Gasteiger partial charge in [-0.2, -0.15) is 0 Å². The summed E-state index contributed by atoms with van der Waals surface area (Å²) in [6.45, 7) is 2.16. The Hall–Kier alpha value is -2.86. The highest BCUT2D eigenvalue weighted by molar-refractivity contribution is 5.94. The number of hydrogen-bond donors (Lipinski definition) is 3. The summed E-state index contributed by atoms with van der Waals surface area (Å²) in [5.74, 6) is 0.719. The average Bonchev–Trinajstić information content (AvgIpc) is 3.37. The number of nitrogens with one attached hydrogen (secondary N) is 3. The van der Waals surface area contributed by atoms with Crippen LogP contribution in [-0.4, -0.2) is 38.2 Å². The van der Waals surface area contributed by atoms with Gasteiger partial charge >= 0.3 is 0 Å². The minimum absolute atomic E-state index is 0.0641. The summed E-state index contributed by atoms with van der Waals surface area (Å²) >= 11 is 0. The van der Waals surface area contributed by atoms with Crippen LogP contribution >= 0.6 is 0 Å². The maximum atomic E-state index is 12.3. The number of anilines is 1. The third kappa shape index (κ3) is 5.00. The van der Waals surface area contributed by atoms with E-state index >= 15 is 0 Å². The highest BCUT2D eigenvalue weighted by Crippen LogP contribution is 2.47. The van der Waals surface area contributed by atoms with Crippen LogP contribution in [0.2, 0.25) is 0 Å². The molecule has 1 atom stereocenters. The second kappa shape index (κ2) is 9.30. The number of ether oxygens (including phenoxy) is 1. The average molecular weight is 407 g/mol. The number of rotatable bonds is 7. The van der Waals surface area contributed by atoms with E-state index in [0.717, 1.165) is 36.6 Å². The first-order valence-corrected chi connectivity index (χ1v) is 10.7. The Morgan fingerprint density at radius 1 is 1.13 bits per heavy atom. The Morgan fingerprint density at radius 3 is 2.67 bits per heavy atom. The lowest BCUT2D eigenvalue weighted by molar-refractivity contribution is -0.124. The third-order valence-corrected chi connectivity index (χ3v) is 5.93. The van der Waals surface area contributed by atoms with Gasteiger partial charge in [-0.15, -0.1) is 0 Å². The molecule has 1 heterocycles. The van der Waals surface area contributed by atoms with E-state index in [0.29, 0.717) is 13.2 Å². The Labute approximate surface area is 178 Å². The van der Waals surface area contributed by atoms with Gasteiger partial charge in [-0.1, -0.05) is 42.5 Å². The molecule has 1 saturated carbocycles. The molecule has 1 aliphatic heterocycles. The molecule has 0 radical (unpaired) electrons. The van der Waals surface area contributed by atoms with E-state index in [2.05, 4.69) is 51.3 Å². The highest BCUT2D eigenvalue weighted by Gasteiger charge is 2.43. The molecule has 2 aliphatic rings. The van der Waals surface area contributed by atoms with Crippen molar-refractivity contribution in [3.8, 4) is 0 Å². The summed E-state index contributed by atoms with van der Waals surface area (Å²) in [6, 6.07) is 18.6. The van der Waals surface area contributed by atoms with Crippen LogP contribution < -0.4 is 16.0 Å². The predicted molar refractivity (Wildman–Crippen MR) is 120 cm³/mol. The summed E-state index contributed by atoms with van der Waals surface area (Å²) in [4.78, 5) is 16.6. The molecule has 0 spiro atoms. The maximum Gasteiger partial charge on any atom is 0.253 e. The molecule has 6 nitrogen and oxygen atoms in total. The lowest BCUT2D eigenvalue weighted by atomic mass is 9.96. The van der Waals surface area contributed by atoms with Crippen molar-refractivity contribution in [2.45, 2.75) is 43.7 Å². The highest BCUT2D eigenvalue weighted by atomic mass is 16.5. The van der Waals surface area contributed by atoms with Crippen LogP contribution in [0.1, 0.15) is 36.8 Å². The van der Waals surface area contributed by atoms with Gasteiger partial charge in [-0.05, 0) is 48.9 Å². The molecule has 158 valence electrons. The topological polar surface area (TPSA) is 74.8 Å². The first-order chi connectivity index (χ1) is 14.7. The standard InChI is InChI=1S/C24H30N4O2/c1-25-23(27-17-24(12-13-24)19-8-3-2-4-9-19)26-16-18-7-5-10-20(15-18)28-22(29)21-11-6-14-30-21/h2-5,7-10,15,21H,6,11-14,16-17H2,1H3,(H,28,29)(H2,25,26,27). The zero-order valence-electron chi connectivity index (χ0n) is 17.5. The van der Waals surface area contributed by atoms with Crippen LogP contribution in [0.15, 0.2) is 59.6 Å². The van der Waals surface area contributed by atoms with Crippen molar-refractivity contribution in [1.29, 1.82) is 0 Å². The van der Waals surface area contributed by atoms with Gasteiger partial charge in [-0.25, -0.2) is 0 Å². The maximum absolute atomic E-state index is 12.3. The Morgan fingerprint density at radius 2 is 1.97 bits per heavy atom. The normalized spacial score (nSPS) is 19.9. The molecule has 4 rings (SSSR count). The fourth-order valence-electron chi connectivity index (χ4n) is 3.94. The van der Waals surface area contributed by atoms with E-state index in [1.54, 1.807) is 7.05 Å². The number of hydrogen-bond acceptors (Lipinski definition) is 3. The lowest BCUT2D eigenvalue weighted by Gasteiger charge is -2.19. The molecule has 0 bridgehead atoms. The van der Waals surface area contributed by atoms with Crippen molar-refractivity contribution in [2.24, 2.45) is 4.99 Å². The summed E-state index contributed by atoms with van der Waals surface area (Å²) < 4.78 is 5.45. The molecular formula is C24H30N4O2. The molecule has 3 N–H and O–H groups in total. The van der Waals surface area contributed by atoms with Crippen molar-refractivity contribution in [1.82, 2.24) is 10.6 Å². The molecule has 2 aromatic rings. The van der Waals surface area contributed by atoms with Crippen LogP contribution in [0.5, 0.6) is 0 Å². The van der Waals surface area contributed by atoms with Crippen LogP contribution in [0.25, 0.3) is 0 Å². The number of guanidine groups is 1. The van der Waals surface area contributed by atoms with Gasteiger partial charge in [-0.3, -0.25) is 9.79 Å². The number of aliphatic imine (C=N–C) groups is 1. The molecule has 1 amide bonds. The van der Waals surface area contributed by atoms with Crippen molar-refractivity contribution in [3.05, 3.63) is 65.7 Å². The Balaban J connectivity index is 1.28. The molecular weight excluding hydrogens is 376 g/mol. The zero-order valence-corrected chi connectivity index (χ0v) is 17.5. The van der Waals surface area contributed by atoms with Crippen LogP contribution in [0.3, 0.4) is 0 Å². The molecule has 1 saturated heterocycles. The van der Waals surface area contributed by atoms with Crippen LogP contribution in [0.4, 0.5) is 5.69 Å². The number of carbonyl (C=O) groups excluding carboxylic acids is 1. The van der Waals surface area contributed by atoms with Gasteiger partial charge in [0.2, 0.25) is 0 Å². The quantitative estimate of drug-likeness (QED) is 0.488. The monoisotopic (exact) mass is 406 g/mol. The third-order valence-electron chi connectivity index (χ3n) is 5.93. The van der Waals surface area contributed by atoms with Gasteiger partial charge < -0.3 is 20.7 Å². The van der Waals surface area contributed by atoms with Crippen LogP contribution in [-0.2, 0) is 21.5 Å². The number of amides is 1. The van der Waals surface area contributed by atoms with Crippen molar-refractivity contribution in [3.63, 3.8) is 0 Å². The van der Waals surface area contributed by atoms with Crippen molar-refractivity contribution >= 4 is 17.6 Å². The predicted octanol–water partition coefficient (Wildman–Crippen LogP) is 3.20. The second-order valence-corrected chi connectivity index (χ2v) is 8.12. The first-order valence-electron chi connectivity index (χ1n) is 10.7. The van der Waals surface area contributed by atoms with E-state index in [4.69, 9.17) is 4.74 Å². The van der Waals surface area contributed by atoms with Gasteiger partial charge in [0, 0.05) is 37.8 Å². The molecule has 2 aromatic carbocycles. The number of carbonyl (C=O) groups is 1. The van der Waals surface area contributed by atoms with E-state index < -0.39 is 0 Å². The summed E-state index contributed by atoms with van der Waals surface area (Å²) in [5.41, 5.74) is 3.49. The lowest BCUT2D eigenvalue weighted by Crippen LogP contribution is -2.40. The minimum Gasteiger partial charge on any atom is -0.368 e. The van der Waals surface area contributed by atoms with Crippen LogP contribution in [0, 0.1) is 0 Å². The van der Waals surface area contributed by atoms with E-state index in [-0.39, 0.29) is 17.4 Å². The van der Waals surface area contributed by atoms with Crippen molar-refractivity contribution < 1.29 is 9.53 Å². The zero-order chi connectivity index (χ0) is 20.8. The molecule has 6 heteroatoms. The summed E-state index contributed by atoms with van der Waals surface area (Å²) in [5, 5.41) is 9.81. The molecule has 30 heavy (non-hydrogen) atoms. The summed E-state index contributed by atoms with van der Waals surface area (Å²) in [7, 11) is 1.79. The van der Waals surface area contributed by atoms with Gasteiger partial charge in [0.15, 0.2) is 5.96 Å². The first kappa shape index (κ1) is 20.4. The van der Waals surface area contributed by atoms with Gasteiger partial charge in [0.05, 0.1) is 0 Å². The number of benzene rings is 2. The van der Waals surface area contributed by atoms with E-state index in [1.807, 2.05) is 24.3 Å². The molecule has 0 aromatic heterocycles. The Kier molecular flexibility index (Phi) is 6.33. The summed E-state index contributed by atoms with van der Waals surface area (Å²) in [6.07, 6.45) is 3.81. The molecule has 2 fully saturated rings. The number of nitrogens with zero attached hydrogens (tertiary/aromatic N) is 1. The minimum atomic E-state index is -0.325. The second-order valence-electron chi connectivity index (χ2n) is 8.12. The fourth-order valence-corrected chi connectivity index (χ4v) is 3.94. The fraction of sp³-hybridized carbons (Fsp3) is 0.417. The van der Waals surface area contributed by atoms with E-state index in [9.17, 15) is 4.79 Å². The van der Waals surface area contributed by atoms with Crippen molar-refractivity contribution in [2.75, 3.05) is 25.5 Å². The Bertz CT molecular complexity index is 887. The smallest absolute Gasteiger partial charge is 0.253 e. The van der Waals surface area contributed by atoms with E-state index in [1.165, 1.54) is 18.4 Å². The van der Waals surface area contributed by atoms with Gasteiger partial charge in [0.1, 0.15) is 6.10 Å². The molecule has 1 unspecified atom stereocenters. The van der Waals surface area contributed by atoms with Gasteiger partial charge in [0.25, 0.3) is 5.91 Å². The SMILES string of the molecule is CN=C(NCc1cccc(NC(=O)C2CCCO2)c1)NCC1(c2ccccc2)CC1.